The quantitative estimate of drug-likeness (QED) is 0.697. The Morgan fingerprint density at radius 2 is 2.35 bits per heavy atom. The maximum absolute atomic E-state index is 10.7. The Bertz CT molecular complexity index is 367. The molecule has 1 rings (SSSR count). The van der Waals surface area contributed by atoms with Gasteiger partial charge in [0.15, 0.2) is 5.13 Å². The molecule has 0 saturated carbocycles. The van der Waals surface area contributed by atoms with Gasteiger partial charge in [0.1, 0.15) is 6.04 Å². The van der Waals surface area contributed by atoms with Gasteiger partial charge in [0.05, 0.1) is 5.69 Å². The second kappa shape index (κ2) is 6.56. The van der Waals surface area contributed by atoms with Crippen LogP contribution in [0.1, 0.15) is 44.8 Å². The molecule has 6 heteroatoms. The van der Waals surface area contributed by atoms with E-state index >= 15 is 0 Å². The van der Waals surface area contributed by atoms with Crippen LogP contribution in [-0.4, -0.2) is 22.1 Å². The smallest absolute Gasteiger partial charge is 0.326 e. The largest absolute Gasteiger partial charge is 0.480 e. The minimum Gasteiger partial charge on any atom is -0.480 e. The van der Waals surface area contributed by atoms with Crippen molar-refractivity contribution in [1.29, 1.82) is 0 Å². The Balaban J connectivity index is 2.64. The summed E-state index contributed by atoms with van der Waals surface area (Å²) in [6, 6.07) is -0.645. The molecule has 0 fully saturated rings. The van der Waals surface area contributed by atoms with Crippen LogP contribution < -0.4 is 11.1 Å². The number of anilines is 1. The number of aromatic nitrogens is 1. The monoisotopic (exact) mass is 257 g/mol. The minimum atomic E-state index is -1.05. The third kappa shape index (κ3) is 3.98. The van der Waals surface area contributed by atoms with Crippen molar-refractivity contribution in [3.8, 4) is 0 Å². The number of nitrogens with zero attached hydrogens (tertiary/aromatic N) is 1. The maximum Gasteiger partial charge on any atom is 0.326 e. The average Bonchev–Trinajstić information content (AvgIpc) is 2.75. The fourth-order valence-corrected chi connectivity index (χ4v) is 2.35. The van der Waals surface area contributed by atoms with Gasteiger partial charge in [0, 0.05) is 11.4 Å². The Kier molecular flexibility index (Phi) is 5.37. The summed E-state index contributed by atoms with van der Waals surface area (Å²) in [5, 5.41) is 14.5. The summed E-state index contributed by atoms with van der Waals surface area (Å²) in [6.45, 7) is 4.25. The lowest BCUT2D eigenvalue weighted by Crippen LogP contribution is -2.21. The van der Waals surface area contributed by atoms with Gasteiger partial charge < -0.3 is 16.2 Å². The summed E-state index contributed by atoms with van der Waals surface area (Å²) < 4.78 is 0. The molecule has 0 aliphatic rings. The van der Waals surface area contributed by atoms with E-state index in [-0.39, 0.29) is 0 Å². The van der Waals surface area contributed by atoms with E-state index in [1.807, 2.05) is 0 Å². The SMILES string of the molecule is CCCC(CC)Nc1nc(C(N)C(=O)O)cs1. The molecule has 0 saturated heterocycles. The third-order valence-corrected chi connectivity index (χ3v) is 3.36. The molecule has 0 bridgehead atoms. The van der Waals surface area contributed by atoms with Crippen LogP contribution in [0.3, 0.4) is 0 Å². The van der Waals surface area contributed by atoms with Crippen molar-refractivity contribution in [3.05, 3.63) is 11.1 Å². The van der Waals surface area contributed by atoms with Gasteiger partial charge in [-0.25, -0.2) is 4.98 Å². The molecule has 5 nitrogen and oxygen atoms in total. The van der Waals surface area contributed by atoms with E-state index in [1.54, 1.807) is 5.38 Å². The summed E-state index contributed by atoms with van der Waals surface area (Å²) in [7, 11) is 0. The van der Waals surface area contributed by atoms with Crippen molar-refractivity contribution in [3.63, 3.8) is 0 Å². The second-order valence-electron chi connectivity index (χ2n) is 3.93. The molecule has 96 valence electrons. The van der Waals surface area contributed by atoms with Crippen molar-refractivity contribution >= 4 is 22.4 Å². The number of hydrogen-bond donors (Lipinski definition) is 3. The first-order valence-corrected chi connectivity index (χ1v) is 6.66. The van der Waals surface area contributed by atoms with Crippen LogP contribution in [0.2, 0.25) is 0 Å². The van der Waals surface area contributed by atoms with Crippen molar-refractivity contribution < 1.29 is 9.90 Å². The molecule has 2 atom stereocenters. The van der Waals surface area contributed by atoms with Gasteiger partial charge in [0.2, 0.25) is 0 Å². The zero-order valence-electron chi connectivity index (χ0n) is 10.1. The van der Waals surface area contributed by atoms with Gasteiger partial charge in [-0.15, -0.1) is 11.3 Å². The second-order valence-corrected chi connectivity index (χ2v) is 4.79. The number of nitrogens with one attached hydrogen (secondary N) is 1. The number of carboxylic acids is 1. The molecule has 0 aliphatic carbocycles. The summed E-state index contributed by atoms with van der Waals surface area (Å²) in [6.07, 6.45) is 3.21. The van der Waals surface area contributed by atoms with Crippen LogP contribution in [0.25, 0.3) is 0 Å². The zero-order valence-corrected chi connectivity index (χ0v) is 11.0. The maximum atomic E-state index is 10.7. The Morgan fingerprint density at radius 1 is 1.65 bits per heavy atom. The number of nitrogens with two attached hydrogens (primary N) is 1. The van der Waals surface area contributed by atoms with Gasteiger partial charge in [-0.3, -0.25) is 4.79 Å². The standard InChI is InChI=1S/C11H19N3O2S/c1-3-5-7(4-2)13-11-14-8(6-17-11)9(12)10(15)16/h6-7,9H,3-5,12H2,1-2H3,(H,13,14)(H,15,16). The van der Waals surface area contributed by atoms with Gasteiger partial charge in [-0.05, 0) is 12.8 Å². The minimum absolute atomic E-state index is 0.389. The highest BCUT2D eigenvalue weighted by atomic mass is 32.1. The molecule has 2 unspecified atom stereocenters. The lowest BCUT2D eigenvalue weighted by atomic mass is 10.1. The van der Waals surface area contributed by atoms with Crippen LogP contribution in [0.5, 0.6) is 0 Å². The van der Waals surface area contributed by atoms with E-state index in [4.69, 9.17) is 10.8 Å². The lowest BCUT2D eigenvalue weighted by Gasteiger charge is -2.14. The molecule has 0 aromatic carbocycles. The predicted octanol–water partition coefficient (Wildman–Crippen LogP) is 2.22. The van der Waals surface area contributed by atoms with Gasteiger partial charge in [-0.2, -0.15) is 0 Å². The first kappa shape index (κ1) is 13.9. The highest BCUT2D eigenvalue weighted by molar-refractivity contribution is 7.13. The molecular weight excluding hydrogens is 238 g/mol. The first-order chi connectivity index (χ1) is 8.08. The number of aliphatic carboxylic acids is 1. The molecule has 0 spiro atoms. The topological polar surface area (TPSA) is 88.2 Å². The zero-order chi connectivity index (χ0) is 12.8. The fraction of sp³-hybridized carbons (Fsp3) is 0.636. The van der Waals surface area contributed by atoms with Crippen molar-refractivity contribution in [2.75, 3.05) is 5.32 Å². The molecule has 0 amide bonds. The van der Waals surface area contributed by atoms with Crippen molar-refractivity contribution in [2.24, 2.45) is 5.73 Å². The number of thiazole rings is 1. The van der Waals surface area contributed by atoms with Gasteiger partial charge in [0.25, 0.3) is 0 Å². The van der Waals surface area contributed by atoms with Crippen LogP contribution in [0, 0.1) is 0 Å². The fourth-order valence-electron chi connectivity index (χ4n) is 1.52. The molecular formula is C11H19N3O2S. The van der Waals surface area contributed by atoms with Crippen LogP contribution in [0.15, 0.2) is 5.38 Å². The van der Waals surface area contributed by atoms with E-state index in [0.29, 0.717) is 11.7 Å². The van der Waals surface area contributed by atoms with E-state index in [0.717, 1.165) is 24.4 Å². The lowest BCUT2D eigenvalue weighted by molar-refractivity contribution is -0.138. The van der Waals surface area contributed by atoms with E-state index < -0.39 is 12.0 Å². The first-order valence-electron chi connectivity index (χ1n) is 5.78. The van der Waals surface area contributed by atoms with E-state index in [9.17, 15) is 4.79 Å². The van der Waals surface area contributed by atoms with Crippen molar-refractivity contribution in [1.82, 2.24) is 4.98 Å². The van der Waals surface area contributed by atoms with Crippen LogP contribution in [-0.2, 0) is 4.79 Å². The van der Waals surface area contributed by atoms with E-state index in [1.165, 1.54) is 11.3 Å². The Labute approximate surface area is 105 Å². The van der Waals surface area contributed by atoms with Crippen LogP contribution in [0.4, 0.5) is 5.13 Å². The molecule has 0 radical (unpaired) electrons. The van der Waals surface area contributed by atoms with Gasteiger partial charge in [-0.1, -0.05) is 20.3 Å². The molecule has 1 heterocycles. The number of carboxylic acid groups (broad SMARTS) is 1. The summed E-state index contributed by atoms with van der Waals surface area (Å²) in [5.41, 5.74) is 5.90. The Hall–Kier alpha value is -1.14. The highest BCUT2D eigenvalue weighted by Gasteiger charge is 2.18. The van der Waals surface area contributed by atoms with Crippen LogP contribution >= 0.6 is 11.3 Å². The molecule has 0 aliphatic heterocycles. The molecule has 1 aromatic heterocycles. The van der Waals surface area contributed by atoms with Crippen molar-refractivity contribution in [2.45, 2.75) is 45.2 Å². The molecule has 1 aromatic rings. The predicted molar refractivity (Wildman–Crippen MR) is 69.3 cm³/mol. The average molecular weight is 257 g/mol. The normalized spacial score (nSPS) is 14.3. The number of hydrogen-bond acceptors (Lipinski definition) is 5. The van der Waals surface area contributed by atoms with Gasteiger partial charge >= 0.3 is 5.97 Å². The molecule has 17 heavy (non-hydrogen) atoms. The summed E-state index contributed by atoms with van der Waals surface area (Å²) in [5.74, 6) is -1.05. The third-order valence-electron chi connectivity index (χ3n) is 2.56. The number of rotatable bonds is 7. The molecule has 4 N–H and O–H groups in total. The van der Waals surface area contributed by atoms with E-state index in [2.05, 4.69) is 24.1 Å². The summed E-state index contributed by atoms with van der Waals surface area (Å²) in [4.78, 5) is 14.9. The summed E-state index contributed by atoms with van der Waals surface area (Å²) >= 11 is 1.40. The highest BCUT2D eigenvalue weighted by Crippen LogP contribution is 2.21. The number of carbonyl (C=O) groups is 1. The Morgan fingerprint density at radius 3 is 2.88 bits per heavy atom.